The van der Waals surface area contributed by atoms with E-state index < -0.39 is 69.3 Å². The van der Waals surface area contributed by atoms with Crippen LogP contribution in [0.3, 0.4) is 0 Å². The lowest BCUT2D eigenvalue weighted by molar-refractivity contribution is -0.438. The van der Waals surface area contributed by atoms with Gasteiger partial charge in [-0.3, -0.25) is 13.9 Å². The monoisotopic (exact) mass is 874 g/mol. The number of aliphatic carboxylic acids is 1. The van der Waals surface area contributed by atoms with E-state index in [1.54, 1.807) is 18.2 Å². The molecule has 1 atom stereocenters. The van der Waals surface area contributed by atoms with Gasteiger partial charge in [-0.15, -0.1) is 12.6 Å². The number of anilines is 1. The largest absolute Gasteiger partial charge is 0.748 e. The van der Waals surface area contributed by atoms with Crippen LogP contribution in [-0.2, 0) is 56.6 Å². The number of fused-ring (bicyclic) bond motifs is 2. The Kier molecular flexibility index (Phi) is 17.3. The third-order valence-corrected chi connectivity index (χ3v) is 12.1. The molecule has 0 saturated carbocycles. The van der Waals surface area contributed by atoms with Gasteiger partial charge in [-0.05, 0) is 82.7 Å². The van der Waals surface area contributed by atoms with Crippen molar-refractivity contribution in [2.75, 3.05) is 29.5 Å². The minimum absolute atomic E-state index is 0. The number of benzene rings is 2. The molecule has 0 fully saturated rings. The molecule has 57 heavy (non-hydrogen) atoms. The van der Waals surface area contributed by atoms with Crippen molar-refractivity contribution in [3.63, 3.8) is 0 Å². The molecule has 0 aromatic heterocycles. The number of unbranched alkanes of at least 4 members (excludes halogenated alkanes) is 2. The molecule has 0 saturated heterocycles. The zero-order chi connectivity index (χ0) is 42.1. The van der Waals surface area contributed by atoms with Crippen LogP contribution < -0.4 is 4.90 Å². The van der Waals surface area contributed by atoms with Gasteiger partial charge in [0.05, 0.1) is 26.2 Å². The van der Waals surface area contributed by atoms with E-state index in [1.807, 2.05) is 68.2 Å². The minimum Gasteiger partial charge on any atom is -0.748 e. The Balaban J connectivity index is 0.00000214. The number of hydrogen-bond donors (Lipinski definition) is 3. The molecule has 2 aromatic rings. The van der Waals surface area contributed by atoms with Crippen molar-refractivity contribution in [3.05, 3.63) is 89.7 Å². The molecule has 20 heteroatoms. The van der Waals surface area contributed by atoms with Crippen molar-refractivity contribution in [2.45, 2.75) is 88.9 Å². The van der Waals surface area contributed by atoms with Crippen LogP contribution in [0.15, 0.2) is 83.4 Å². The van der Waals surface area contributed by atoms with Crippen molar-refractivity contribution in [1.29, 1.82) is 0 Å². The first-order chi connectivity index (χ1) is 25.9. The van der Waals surface area contributed by atoms with Gasteiger partial charge in [-0.1, -0.05) is 43.9 Å². The molecule has 0 aliphatic carbocycles. The molecule has 0 bridgehead atoms. The first kappa shape index (κ1) is 49.1. The third kappa shape index (κ3) is 13.8. The summed E-state index contributed by atoms with van der Waals surface area (Å²) >= 11 is 0. The predicted molar refractivity (Wildman–Crippen MR) is 214 cm³/mol. The second kappa shape index (κ2) is 20.1. The maximum Gasteiger partial charge on any atom is 0.425 e. The van der Waals surface area contributed by atoms with E-state index in [0.717, 1.165) is 28.3 Å². The lowest BCUT2D eigenvalue weighted by atomic mass is 9.77. The van der Waals surface area contributed by atoms with E-state index in [1.165, 1.54) is 12.1 Å². The summed E-state index contributed by atoms with van der Waals surface area (Å²) in [5.41, 5.74) is 3.43. The predicted octanol–water partition coefficient (Wildman–Crippen LogP) is 4.96. The summed E-state index contributed by atoms with van der Waals surface area (Å²) in [5.74, 6) is -1.83. The summed E-state index contributed by atoms with van der Waals surface area (Å²) < 4.78 is 128. The fourth-order valence-corrected chi connectivity index (χ4v) is 8.66. The molecule has 0 amide bonds. The van der Waals surface area contributed by atoms with Gasteiger partial charge in [-0.2, -0.15) is 21.4 Å². The molecule has 316 valence electrons. The summed E-state index contributed by atoms with van der Waals surface area (Å²) in [6.45, 7) is 6.62. The standard InChI is InChI=1S/C36H46N2O11S3.CH4.O3S/c1-35(2)29-26-27(52(47,48)49)19-20-31(29)37(22-11-5-8-18-34(39)40)32(35)16-6-4-7-17-33-36(3,21-12-24-50(41,42)43)28-14-9-10-15-30(28)38(33)23-13-25-51(44,45)46;;1-4(2)3/h4,6-7,9-10,14-17,19-20,26H,5,8,11-13,18,21-25H2,1-3H3,(H3-,39,40,41,42,43,44,45,46,47,48,49);1H4;. The van der Waals surface area contributed by atoms with Crippen molar-refractivity contribution < 1.29 is 66.0 Å². The lowest BCUT2D eigenvalue weighted by Crippen LogP contribution is -2.30. The van der Waals surface area contributed by atoms with Crippen LogP contribution in [-0.4, -0.2) is 97.5 Å². The zero-order valence-corrected chi connectivity index (χ0v) is 34.3. The van der Waals surface area contributed by atoms with Crippen LogP contribution in [0.4, 0.5) is 11.4 Å². The smallest absolute Gasteiger partial charge is 0.425 e. The molecule has 0 spiro atoms. The summed E-state index contributed by atoms with van der Waals surface area (Å²) in [7, 11) is -16.2. The number of carboxylic acids is 1. The van der Waals surface area contributed by atoms with Crippen molar-refractivity contribution in [1.82, 2.24) is 0 Å². The van der Waals surface area contributed by atoms with Gasteiger partial charge in [0.2, 0.25) is 5.69 Å². The number of carboxylic acid groups (broad SMARTS) is 1. The Bertz CT molecular complexity index is 2360. The molecule has 2 aliphatic rings. The van der Waals surface area contributed by atoms with Crippen LogP contribution in [0.25, 0.3) is 0 Å². The summed E-state index contributed by atoms with van der Waals surface area (Å²) in [5, 5.41) is 9.02. The first-order valence-electron chi connectivity index (χ1n) is 17.5. The van der Waals surface area contributed by atoms with E-state index in [0.29, 0.717) is 37.8 Å². The number of hydrogen-bond acceptors (Lipinski definition) is 12. The Hall–Kier alpha value is -4.05. The van der Waals surface area contributed by atoms with E-state index in [-0.39, 0.29) is 38.1 Å². The second-order valence-electron chi connectivity index (χ2n) is 14.0. The van der Waals surface area contributed by atoms with Crippen molar-refractivity contribution in [2.24, 2.45) is 0 Å². The fraction of sp³-hybridized carbons (Fsp3) is 0.459. The van der Waals surface area contributed by atoms with Gasteiger partial charge in [0.25, 0.3) is 20.2 Å². The van der Waals surface area contributed by atoms with Gasteiger partial charge in [0.15, 0.2) is 5.71 Å². The highest BCUT2D eigenvalue weighted by atomic mass is 32.2. The Morgan fingerprint density at radius 1 is 0.860 bits per heavy atom. The van der Waals surface area contributed by atoms with Gasteiger partial charge in [0, 0.05) is 59.6 Å². The molecule has 4 rings (SSSR count). The van der Waals surface area contributed by atoms with Gasteiger partial charge >= 0.3 is 16.6 Å². The third-order valence-electron chi connectivity index (χ3n) is 9.66. The van der Waals surface area contributed by atoms with Crippen LogP contribution in [0.5, 0.6) is 0 Å². The molecular weight excluding hydrogens is 825 g/mol. The average molecular weight is 875 g/mol. The Morgan fingerprint density at radius 3 is 2.11 bits per heavy atom. The van der Waals surface area contributed by atoms with Gasteiger partial charge < -0.3 is 14.6 Å². The van der Waals surface area contributed by atoms with Crippen molar-refractivity contribution >= 4 is 64.0 Å². The van der Waals surface area contributed by atoms with Crippen molar-refractivity contribution in [3.8, 4) is 0 Å². The Morgan fingerprint density at radius 2 is 1.51 bits per heavy atom. The summed E-state index contributed by atoms with van der Waals surface area (Å²) in [6.07, 6.45) is 11.7. The highest BCUT2D eigenvalue weighted by Gasteiger charge is 2.45. The van der Waals surface area contributed by atoms with Gasteiger partial charge in [-0.25, -0.2) is 8.42 Å². The maximum atomic E-state index is 12.0. The number of nitrogens with zero attached hydrogens (tertiary/aromatic N) is 2. The zero-order valence-electron chi connectivity index (χ0n) is 31.1. The fourth-order valence-electron chi connectivity index (χ4n) is 7.16. The van der Waals surface area contributed by atoms with Gasteiger partial charge in [0.1, 0.15) is 6.54 Å². The number of allylic oxidation sites excluding steroid dienone is 6. The maximum absolute atomic E-state index is 12.0. The number of carbonyl (C=O) groups is 1. The highest BCUT2D eigenvalue weighted by Crippen LogP contribution is 2.50. The molecule has 2 heterocycles. The highest BCUT2D eigenvalue weighted by molar-refractivity contribution is 7.86. The molecule has 3 N–H and O–H groups in total. The molecule has 2 aromatic carbocycles. The minimum atomic E-state index is -4.45. The normalized spacial score (nSPS) is 18.4. The van der Waals surface area contributed by atoms with E-state index in [9.17, 15) is 43.7 Å². The molecule has 16 nitrogen and oxygen atoms in total. The van der Waals surface area contributed by atoms with Crippen LogP contribution in [0.2, 0.25) is 0 Å². The molecular formula is C37H50N2O14S4. The van der Waals surface area contributed by atoms with Crippen LogP contribution in [0, 0.1) is 0 Å². The molecule has 1 unspecified atom stereocenters. The molecule has 2 aliphatic heterocycles. The van der Waals surface area contributed by atoms with E-state index >= 15 is 0 Å². The quantitative estimate of drug-likeness (QED) is 0.0773. The van der Waals surface area contributed by atoms with E-state index in [4.69, 9.17) is 17.7 Å². The van der Waals surface area contributed by atoms with Crippen LogP contribution >= 0.6 is 0 Å². The topological polar surface area (TPSA) is 261 Å². The summed E-state index contributed by atoms with van der Waals surface area (Å²) in [6, 6.07) is 12.0. The lowest BCUT2D eigenvalue weighted by Gasteiger charge is -2.30. The van der Waals surface area contributed by atoms with E-state index in [2.05, 4.69) is 4.58 Å². The SMILES string of the molecule is C.CC1(C)C(C=CC=CC=C2N(CCCS(=O)(=O)[O-])c3ccccc3C2(C)CCCS(=O)(=O)O)=[N+](CCCCCC(=O)O)c2ccc(S(=O)(=O)O)cc21.O=S(=O)=O. The summed E-state index contributed by atoms with van der Waals surface area (Å²) in [4.78, 5) is 12.7. The first-order valence-corrected chi connectivity index (χ1v) is 23.1. The molecule has 0 radical (unpaired) electrons. The Labute approximate surface area is 336 Å². The number of rotatable bonds is 18. The van der Waals surface area contributed by atoms with Crippen LogP contribution in [0.1, 0.15) is 84.3 Å². The average Bonchev–Trinajstić information content (AvgIpc) is 3.42. The second-order valence-corrected chi connectivity index (χ2v) is 19.0. The number of para-hydroxylation sites is 1.